The zero-order chi connectivity index (χ0) is 14.3. The van der Waals surface area contributed by atoms with Crippen LogP contribution in [-0.2, 0) is 0 Å². The fraction of sp³-hybridized carbons (Fsp3) is 0.625. The van der Waals surface area contributed by atoms with Crippen molar-refractivity contribution in [2.75, 3.05) is 14.2 Å². The van der Waals surface area contributed by atoms with E-state index in [1.807, 2.05) is 18.2 Å². The van der Waals surface area contributed by atoms with Crippen LogP contribution in [0.15, 0.2) is 18.2 Å². The van der Waals surface area contributed by atoms with Crippen molar-refractivity contribution >= 4 is 0 Å². The van der Waals surface area contributed by atoms with Gasteiger partial charge in [0.05, 0.1) is 25.9 Å². The Balaban J connectivity index is 3.04. The molecule has 108 valence electrons. The Kier molecular flexibility index (Phi) is 6.71. The molecule has 3 nitrogen and oxygen atoms in total. The number of aliphatic hydroxyl groups is 1. The molecule has 0 fully saturated rings. The third kappa shape index (κ3) is 3.87. The van der Waals surface area contributed by atoms with Crippen LogP contribution in [0.3, 0.4) is 0 Å². The molecule has 2 unspecified atom stereocenters. The van der Waals surface area contributed by atoms with Gasteiger partial charge in [0.1, 0.15) is 11.5 Å². The molecule has 0 radical (unpaired) electrons. The number of benzene rings is 1. The van der Waals surface area contributed by atoms with E-state index in [-0.39, 0.29) is 5.92 Å². The summed E-state index contributed by atoms with van der Waals surface area (Å²) < 4.78 is 10.7. The number of hydrogen-bond acceptors (Lipinski definition) is 3. The average molecular weight is 266 g/mol. The lowest BCUT2D eigenvalue weighted by molar-refractivity contribution is 0.0934. The second-order valence-corrected chi connectivity index (χ2v) is 4.83. The van der Waals surface area contributed by atoms with E-state index in [1.165, 1.54) is 0 Å². The van der Waals surface area contributed by atoms with Crippen LogP contribution >= 0.6 is 0 Å². The van der Waals surface area contributed by atoms with E-state index in [1.54, 1.807) is 14.2 Å². The average Bonchev–Trinajstić information content (AvgIpc) is 2.46. The van der Waals surface area contributed by atoms with E-state index >= 15 is 0 Å². The highest BCUT2D eigenvalue weighted by molar-refractivity contribution is 5.46. The van der Waals surface area contributed by atoms with Crippen LogP contribution in [0.2, 0.25) is 0 Å². The molecule has 0 aliphatic carbocycles. The number of aliphatic hydroxyl groups excluding tert-OH is 1. The first-order chi connectivity index (χ1) is 9.19. The number of methoxy groups -OCH3 is 2. The van der Waals surface area contributed by atoms with Crippen molar-refractivity contribution < 1.29 is 14.6 Å². The molecule has 0 aromatic heterocycles. The molecule has 0 spiro atoms. The Labute approximate surface area is 116 Å². The minimum atomic E-state index is -0.539. The van der Waals surface area contributed by atoms with E-state index in [2.05, 4.69) is 13.8 Å². The fourth-order valence-corrected chi connectivity index (χ4v) is 2.46. The van der Waals surface area contributed by atoms with Gasteiger partial charge in [0.2, 0.25) is 0 Å². The first-order valence-corrected chi connectivity index (χ1v) is 7.08. The summed E-state index contributed by atoms with van der Waals surface area (Å²) in [6.45, 7) is 4.29. The predicted octanol–water partition coefficient (Wildman–Crippen LogP) is 3.95. The highest BCUT2D eigenvalue weighted by Crippen LogP contribution is 2.39. The molecule has 0 amide bonds. The minimum Gasteiger partial charge on any atom is -0.496 e. The van der Waals surface area contributed by atoms with Crippen molar-refractivity contribution in [3.8, 4) is 11.5 Å². The Bertz CT molecular complexity index is 354. The predicted molar refractivity (Wildman–Crippen MR) is 77.8 cm³/mol. The van der Waals surface area contributed by atoms with Crippen LogP contribution in [-0.4, -0.2) is 19.3 Å². The maximum Gasteiger partial charge on any atom is 0.128 e. The van der Waals surface area contributed by atoms with Gasteiger partial charge in [-0.05, 0) is 24.5 Å². The summed E-state index contributed by atoms with van der Waals surface area (Å²) in [5, 5.41) is 10.7. The first-order valence-electron chi connectivity index (χ1n) is 7.08. The molecule has 0 aliphatic rings. The van der Waals surface area contributed by atoms with Crippen LogP contribution in [0.1, 0.15) is 51.2 Å². The molecule has 0 saturated carbocycles. The number of unbranched alkanes of at least 4 members (excludes halogenated alkanes) is 1. The smallest absolute Gasteiger partial charge is 0.128 e. The van der Waals surface area contributed by atoms with Gasteiger partial charge in [-0.1, -0.05) is 39.2 Å². The van der Waals surface area contributed by atoms with Gasteiger partial charge >= 0.3 is 0 Å². The van der Waals surface area contributed by atoms with Gasteiger partial charge in [0.15, 0.2) is 0 Å². The Morgan fingerprint density at radius 1 is 1.11 bits per heavy atom. The summed E-state index contributed by atoms with van der Waals surface area (Å²) in [5.74, 6) is 1.63. The number of ether oxygens (including phenoxy) is 2. The Hall–Kier alpha value is -1.22. The molecule has 1 N–H and O–H groups in total. The second kappa shape index (κ2) is 8.05. The fourth-order valence-electron chi connectivity index (χ4n) is 2.46. The van der Waals surface area contributed by atoms with Gasteiger partial charge in [0.25, 0.3) is 0 Å². The standard InChI is InChI=1S/C16H26O3/c1-5-7-9-12(6-2)16(17)15-13(18-3)10-8-11-14(15)19-4/h8,10-12,16-17H,5-7,9H2,1-4H3. The normalized spacial score (nSPS) is 13.9. The minimum absolute atomic E-state index is 0.241. The molecule has 1 aromatic carbocycles. The van der Waals surface area contributed by atoms with Crippen molar-refractivity contribution in [3.05, 3.63) is 23.8 Å². The molecular formula is C16H26O3. The van der Waals surface area contributed by atoms with Gasteiger partial charge in [-0.2, -0.15) is 0 Å². The van der Waals surface area contributed by atoms with E-state index in [4.69, 9.17) is 9.47 Å². The summed E-state index contributed by atoms with van der Waals surface area (Å²) in [7, 11) is 3.25. The van der Waals surface area contributed by atoms with Crippen LogP contribution in [0.25, 0.3) is 0 Å². The SMILES string of the molecule is CCCCC(CC)C(O)c1c(OC)cccc1OC. The van der Waals surface area contributed by atoms with Gasteiger partial charge in [-0.3, -0.25) is 0 Å². The van der Waals surface area contributed by atoms with Crippen LogP contribution in [0, 0.1) is 5.92 Å². The highest BCUT2D eigenvalue weighted by atomic mass is 16.5. The molecule has 1 aromatic rings. The monoisotopic (exact) mass is 266 g/mol. The van der Waals surface area contributed by atoms with Crippen molar-refractivity contribution in [2.45, 2.75) is 45.6 Å². The quantitative estimate of drug-likeness (QED) is 0.774. The number of rotatable bonds is 8. The summed E-state index contributed by atoms with van der Waals surface area (Å²) in [5.41, 5.74) is 0.774. The second-order valence-electron chi connectivity index (χ2n) is 4.83. The zero-order valence-electron chi connectivity index (χ0n) is 12.5. The summed E-state index contributed by atoms with van der Waals surface area (Å²) in [6.07, 6.45) is 3.71. The molecule has 3 heteroatoms. The van der Waals surface area contributed by atoms with Gasteiger partial charge in [-0.15, -0.1) is 0 Å². The van der Waals surface area contributed by atoms with E-state index in [0.29, 0.717) is 11.5 Å². The lowest BCUT2D eigenvalue weighted by atomic mass is 9.88. The van der Waals surface area contributed by atoms with Crippen LogP contribution < -0.4 is 9.47 Å². The molecule has 2 atom stereocenters. The van der Waals surface area contributed by atoms with Crippen molar-refractivity contribution in [2.24, 2.45) is 5.92 Å². The summed E-state index contributed by atoms with van der Waals surface area (Å²) in [6, 6.07) is 5.61. The van der Waals surface area contributed by atoms with Crippen molar-refractivity contribution in [1.82, 2.24) is 0 Å². The third-order valence-corrected chi connectivity index (χ3v) is 3.66. The zero-order valence-corrected chi connectivity index (χ0v) is 12.5. The molecule has 0 aliphatic heterocycles. The van der Waals surface area contributed by atoms with Gasteiger partial charge < -0.3 is 14.6 Å². The van der Waals surface area contributed by atoms with E-state index < -0.39 is 6.10 Å². The summed E-state index contributed by atoms with van der Waals surface area (Å²) >= 11 is 0. The van der Waals surface area contributed by atoms with Gasteiger partial charge in [-0.25, -0.2) is 0 Å². The van der Waals surface area contributed by atoms with Crippen molar-refractivity contribution in [1.29, 1.82) is 0 Å². The molecule has 1 rings (SSSR count). The Morgan fingerprint density at radius 3 is 2.11 bits per heavy atom. The van der Waals surface area contributed by atoms with Crippen LogP contribution in [0.5, 0.6) is 11.5 Å². The molecule has 19 heavy (non-hydrogen) atoms. The summed E-state index contributed by atoms with van der Waals surface area (Å²) in [4.78, 5) is 0. The Morgan fingerprint density at radius 2 is 1.68 bits per heavy atom. The van der Waals surface area contributed by atoms with E-state index in [9.17, 15) is 5.11 Å². The maximum absolute atomic E-state index is 10.7. The maximum atomic E-state index is 10.7. The lowest BCUT2D eigenvalue weighted by Crippen LogP contribution is -2.14. The largest absolute Gasteiger partial charge is 0.496 e. The van der Waals surface area contributed by atoms with E-state index in [0.717, 1.165) is 31.2 Å². The number of hydrogen-bond donors (Lipinski definition) is 1. The van der Waals surface area contributed by atoms with Crippen LogP contribution in [0.4, 0.5) is 0 Å². The molecule has 0 heterocycles. The van der Waals surface area contributed by atoms with Gasteiger partial charge in [0, 0.05) is 0 Å². The third-order valence-electron chi connectivity index (χ3n) is 3.66. The first kappa shape index (κ1) is 15.8. The molecule has 0 bridgehead atoms. The molecular weight excluding hydrogens is 240 g/mol. The topological polar surface area (TPSA) is 38.7 Å². The highest BCUT2D eigenvalue weighted by Gasteiger charge is 2.25. The lowest BCUT2D eigenvalue weighted by Gasteiger charge is -2.25. The van der Waals surface area contributed by atoms with Crippen molar-refractivity contribution in [3.63, 3.8) is 0 Å². The molecule has 0 saturated heterocycles.